The molecule has 0 aliphatic heterocycles. The maximum atomic E-state index is 13.4. The molecule has 4 nitrogen and oxygen atoms in total. The van der Waals surface area contributed by atoms with E-state index in [4.69, 9.17) is 0 Å². The summed E-state index contributed by atoms with van der Waals surface area (Å²) in [6, 6.07) is 19.9. The van der Waals surface area contributed by atoms with Gasteiger partial charge < -0.3 is 10.4 Å². The number of nitrogens with zero attached hydrogens (tertiary/aromatic N) is 1. The number of carbonyl (C=O) groups excluding carboxylic acids is 1. The summed E-state index contributed by atoms with van der Waals surface area (Å²) in [5.41, 5.74) is 0.706. The van der Waals surface area contributed by atoms with Crippen molar-refractivity contribution < 1.29 is 9.90 Å². The fraction of sp³-hybridized carbons (Fsp3) is 0.182. The van der Waals surface area contributed by atoms with Crippen LogP contribution < -0.4 is 5.32 Å². The highest BCUT2D eigenvalue weighted by Gasteiger charge is 2.40. The van der Waals surface area contributed by atoms with Crippen LogP contribution in [0.2, 0.25) is 0 Å². The molecule has 0 aliphatic rings. The highest BCUT2D eigenvalue weighted by molar-refractivity contribution is 7.99. The number of aryl methyl sites for hydroxylation is 1. The maximum Gasteiger partial charge on any atom is 0.265 e. The lowest BCUT2D eigenvalue weighted by Crippen LogP contribution is -2.41. The van der Waals surface area contributed by atoms with E-state index >= 15 is 0 Å². The molecule has 0 spiro atoms. The van der Waals surface area contributed by atoms with Crippen LogP contribution >= 0.6 is 23.5 Å². The summed E-state index contributed by atoms with van der Waals surface area (Å²) < 4.78 is 0. The largest absolute Gasteiger partial charge is 0.372 e. The number of aromatic nitrogens is 1. The lowest BCUT2D eigenvalue weighted by atomic mass is 9.85. The van der Waals surface area contributed by atoms with Gasteiger partial charge in [-0.2, -0.15) is 0 Å². The first-order valence-electron chi connectivity index (χ1n) is 8.75. The zero-order valence-electron chi connectivity index (χ0n) is 16.0. The molecular formula is C22H22N2O2S2. The number of thioether (sulfide) groups is 2. The Kier molecular flexibility index (Phi) is 6.44. The molecule has 0 unspecified atom stereocenters. The Hall–Kier alpha value is -2.28. The number of pyridine rings is 1. The average Bonchev–Trinajstić information content (AvgIpc) is 2.75. The summed E-state index contributed by atoms with van der Waals surface area (Å²) >= 11 is 3.00. The van der Waals surface area contributed by atoms with Gasteiger partial charge in [0, 0.05) is 10.6 Å². The van der Waals surface area contributed by atoms with E-state index in [0.717, 1.165) is 15.6 Å². The van der Waals surface area contributed by atoms with Crippen LogP contribution in [0.4, 0.5) is 5.69 Å². The highest BCUT2D eigenvalue weighted by Crippen LogP contribution is 2.36. The second-order valence-electron chi connectivity index (χ2n) is 6.25. The number of benzene rings is 2. The van der Waals surface area contributed by atoms with Crippen LogP contribution in [0, 0.1) is 6.92 Å². The first-order chi connectivity index (χ1) is 13.5. The third-order valence-electron chi connectivity index (χ3n) is 4.44. The van der Waals surface area contributed by atoms with Gasteiger partial charge in [-0.15, -0.1) is 23.5 Å². The number of aliphatic hydroxyl groups is 1. The van der Waals surface area contributed by atoms with Crippen LogP contribution in [-0.4, -0.2) is 28.5 Å². The predicted molar refractivity (Wildman–Crippen MR) is 117 cm³/mol. The standard InChI is InChI=1S/C22H22N2O2S2/c1-15-14-18(27-2)19(20(23-15)28-3)24-21(25)22(26,16-10-6-4-7-11-16)17-12-8-5-9-13-17/h4-14,26H,1-3H3,(H,24,25). The van der Waals surface area contributed by atoms with Crippen molar-refractivity contribution in [2.24, 2.45) is 0 Å². The Morgan fingerprint density at radius 2 is 1.50 bits per heavy atom. The van der Waals surface area contributed by atoms with E-state index in [9.17, 15) is 9.90 Å². The summed E-state index contributed by atoms with van der Waals surface area (Å²) in [5, 5.41) is 15.3. The molecule has 3 aromatic rings. The Balaban J connectivity index is 2.10. The minimum absolute atomic E-state index is 0.509. The van der Waals surface area contributed by atoms with Crippen LogP contribution in [0.3, 0.4) is 0 Å². The van der Waals surface area contributed by atoms with Gasteiger partial charge in [-0.25, -0.2) is 4.98 Å². The van der Waals surface area contributed by atoms with E-state index in [1.807, 2.05) is 61.9 Å². The monoisotopic (exact) mass is 410 g/mol. The van der Waals surface area contributed by atoms with Gasteiger partial charge in [0.2, 0.25) is 0 Å². The molecule has 2 aromatic carbocycles. The molecular weight excluding hydrogens is 388 g/mol. The minimum atomic E-state index is -1.82. The van der Waals surface area contributed by atoms with E-state index in [2.05, 4.69) is 10.3 Å². The molecule has 0 saturated carbocycles. The van der Waals surface area contributed by atoms with Crippen LogP contribution in [0.15, 0.2) is 76.7 Å². The van der Waals surface area contributed by atoms with Crippen molar-refractivity contribution in [2.45, 2.75) is 22.4 Å². The number of nitrogens with one attached hydrogen (secondary N) is 1. The van der Waals surface area contributed by atoms with Crippen molar-refractivity contribution in [3.63, 3.8) is 0 Å². The molecule has 0 radical (unpaired) electrons. The number of carbonyl (C=O) groups is 1. The Labute approximate surface area is 173 Å². The quantitative estimate of drug-likeness (QED) is 0.576. The van der Waals surface area contributed by atoms with Crippen molar-refractivity contribution in [2.75, 3.05) is 17.8 Å². The van der Waals surface area contributed by atoms with Crippen LogP contribution in [0.1, 0.15) is 16.8 Å². The summed E-state index contributed by atoms with van der Waals surface area (Å²) in [6.45, 7) is 1.93. The fourth-order valence-electron chi connectivity index (χ4n) is 3.03. The molecule has 3 rings (SSSR count). The Morgan fingerprint density at radius 3 is 1.96 bits per heavy atom. The van der Waals surface area contributed by atoms with E-state index in [1.54, 1.807) is 24.3 Å². The third kappa shape index (κ3) is 3.94. The highest BCUT2D eigenvalue weighted by atomic mass is 32.2. The molecule has 2 N–H and O–H groups in total. The third-order valence-corrected chi connectivity index (χ3v) is 5.89. The van der Waals surface area contributed by atoms with Gasteiger partial charge in [0.05, 0.1) is 5.69 Å². The van der Waals surface area contributed by atoms with E-state index in [0.29, 0.717) is 16.8 Å². The van der Waals surface area contributed by atoms with Gasteiger partial charge in [-0.05, 0) is 36.6 Å². The minimum Gasteiger partial charge on any atom is -0.372 e. The van der Waals surface area contributed by atoms with E-state index in [-0.39, 0.29) is 0 Å². The fourth-order valence-corrected chi connectivity index (χ4v) is 4.34. The Morgan fingerprint density at radius 1 is 0.964 bits per heavy atom. The second-order valence-corrected chi connectivity index (χ2v) is 7.89. The van der Waals surface area contributed by atoms with Crippen molar-refractivity contribution in [3.05, 3.63) is 83.6 Å². The molecule has 0 aliphatic carbocycles. The Bertz CT molecular complexity index is 898. The van der Waals surface area contributed by atoms with Crippen molar-refractivity contribution in [1.82, 2.24) is 4.98 Å². The molecule has 1 aromatic heterocycles. The molecule has 1 heterocycles. The van der Waals surface area contributed by atoms with Crippen molar-refractivity contribution in [1.29, 1.82) is 0 Å². The predicted octanol–water partition coefficient (Wildman–Crippen LogP) is 4.71. The molecule has 0 saturated heterocycles. The second kappa shape index (κ2) is 8.82. The molecule has 0 atom stereocenters. The van der Waals surface area contributed by atoms with Gasteiger partial charge in [-0.3, -0.25) is 4.79 Å². The van der Waals surface area contributed by atoms with Gasteiger partial charge in [-0.1, -0.05) is 60.7 Å². The van der Waals surface area contributed by atoms with Gasteiger partial charge in [0.1, 0.15) is 5.03 Å². The van der Waals surface area contributed by atoms with Crippen LogP contribution in [-0.2, 0) is 10.4 Å². The smallest absolute Gasteiger partial charge is 0.265 e. The number of hydrogen-bond acceptors (Lipinski definition) is 5. The van der Waals surface area contributed by atoms with Gasteiger partial charge >= 0.3 is 0 Å². The van der Waals surface area contributed by atoms with E-state index < -0.39 is 11.5 Å². The number of anilines is 1. The zero-order valence-corrected chi connectivity index (χ0v) is 17.6. The van der Waals surface area contributed by atoms with Crippen LogP contribution in [0.5, 0.6) is 0 Å². The zero-order chi connectivity index (χ0) is 20.1. The number of hydrogen-bond donors (Lipinski definition) is 2. The first kappa shape index (κ1) is 20.5. The molecule has 28 heavy (non-hydrogen) atoms. The summed E-state index contributed by atoms with van der Waals surface area (Å²) in [6.07, 6.45) is 3.87. The lowest BCUT2D eigenvalue weighted by Gasteiger charge is -2.28. The molecule has 0 bridgehead atoms. The lowest BCUT2D eigenvalue weighted by molar-refractivity contribution is -0.131. The number of rotatable bonds is 6. The maximum absolute atomic E-state index is 13.4. The molecule has 144 valence electrons. The molecule has 6 heteroatoms. The van der Waals surface area contributed by atoms with Crippen molar-refractivity contribution >= 4 is 35.1 Å². The normalized spacial score (nSPS) is 11.3. The summed E-state index contributed by atoms with van der Waals surface area (Å²) in [5.74, 6) is -0.513. The topological polar surface area (TPSA) is 62.2 Å². The first-order valence-corrected chi connectivity index (χ1v) is 11.2. The summed E-state index contributed by atoms with van der Waals surface area (Å²) in [7, 11) is 0. The van der Waals surface area contributed by atoms with Gasteiger partial charge in [0.25, 0.3) is 5.91 Å². The molecule has 1 amide bonds. The molecule has 0 fully saturated rings. The average molecular weight is 411 g/mol. The SMILES string of the molecule is CSc1cc(C)nc(SC)c1NC(=O)C(O)(c1ccccc1)c1ccccc1. The van der Waals surface area contributed by atoms with E-state index in [1.165, 1.54) is 23.5 Å². The van der Waals surface area contributed by atoms with Gasteiger partial charge in [0.15, 0.2) is 5.60 Å². The number of amides is 1. The van der Waals surface area contributed by atoms with Crippen molar-refractivity contribution in [3.8, 4) is 0 Å². The summed E-state index contributed by atoms with van der Waals surface area (Å²) in [4.78, 5) is 18.9. The van der Waals surface area contributed by atoms with Crippen LogP contribution in [0.25, 0.3) is 0 Å².